The van der Waals surface area contributed by atoms with Crippen molar-refractivity contribution in [1.29, 1.82) is 0 Å². The average Bonchev–Trinajstić information content (AvgIpc) is 2.55. The van der Waals surface area contributed by atoms with E-state index in [1.807, 2.05) is 0 Å². The minimum absolute atomic E-state index is 0.568. The second-order valence-corrected chi connectivity index (χ2v) is 6.64. The first-order valence-electron chi connectivity index (χ1n) is 8.72. The van der Waals surface area contributed by atoms with Crippen molar-refractivity contribution < 1.29 is 0 Å². The summed E-state index contributed by atoms with van der Waals surface area (Å²) in [5.74, 6) is 1.47. The molecular formula is C19H32N2. The molecular weight excluding hydrogens is 256 g/mol. The zero-order chi connectivity index (χ0) is 15.2. The van der Waals surface area contributed by atoms with Gasteiger partial charge in [0.2, 0.25) is 0 Å². The Balaban J connectivity index is 1.86. The maximum atomic E-state index is 3.71. The monoisotopic (exact) mass is 288 g/mol. The Labute approximate surface area is 130 Å². The van der Waals surface area contributed by atoms with Crippen molar-refractivity contribution in [3.63, 3.8) is 0 Å². The average molecular weight is 288 g/mol. The molecule has 2 unspecified atom stereocenters. The Kier molecular flexibility index (Phi) is 6.10. The lowest BCUT2D eigenvalue weighted by atomic mass is 9.90. The molecule has 0 saturated carbocycles. The van der Waals surface area contributed by atoms with Gasteiger partial charge in [-0.1, -0.05) is 32.9 Å². The van der Waals surface area contributed by atoms with Crippen LogP contribution in [0.3, 0.4) is 0 Å². The molecule has 1 aromatic rings. The number of hydrogen-bond acceptors (Lipinski definition) is 2. The van der Waals surface area contributed by atoms with E-state index in [4.69, 9.17) is 0 Å². The second kappa shape index (κ2) is 7.84. The van der Waals surface area contributed by atoms with E-state index in [0.717, 1.165) is 5.92 Å². The third-order valence-corrected chi connectivity index (χ3v) is 5.27. The highest BCUT2D eigenvalue weighted by Crippen LogP contribution is 2.25. The molecule has 0 radical (unpaired) electrons. The molecule has 1 saturated heterocycles. The fraction of sp³-hybridized carbons (Fsp3) is 0.684. The summed E-state index contributed by atoms with van der Waals surface area (Å²) >= 11 is 0. The van der Waals surface area contributed by atoms with E-state index in [2.05, 4.69) is 62.2 Å². The summed E-state index contributed by atoms with van der Waals surface area (Å²) in [6, 6.07) is 9.63. The fourth-order valence-electron chi connectivity index (χ4n) is 3.29. The largest absolute Gasteiger partial charge is 0.382 e. The topological polar surface area (TPSA) is 15.3 Å². The lowest BCUT2D eigenvalue weighted by molar-refractivity contribution is 0.183. The number of piperidine rings is 1. The normalized spacial score (nSPS) is 20.2. The van der Waals surface area contributed by atoms with Gasteiger partial charge in [-0.05, 0) is 75.4 Å². The highest BCUT2D eigenvalue weighted by atomic mass is 15.1. The number of hydrogen-bond donors (Lipinski definition) is 1. The van der Waals surface area contributed by atoms with Crippen LogP contribution < -0.4 is 5.32 Å². The predicted octanol–water partition coefficient (Wildman–Crippen LogP) is 4.73. The van der Waals surface area contributed by atoms with Crippen LogP contribution in [0.2, 0.25) is 0 Å². The third-order valence-electron chi connectivity index (χ3n) is 5.27. The van der Waals surface area contributed by atoms with Gasteiger partial charge in [-0.15, -0.1) is 0 Å². The molecule has 1 fully saturated rings. The maximum absolute atomic E-state index is 3.71. The highest BCUT2D eigenvalue weighted by molar-refractivity contribution is 5.46. The summed E-state index contributed by atoms with van der Waals surface area (Å²) in [4.78, 5) is 2.56. The minimum Gasteiger partial charge on any atom is -0.382 e. The van der Waals surface area contributed by atoms with Gasteiger partial charge in [0.05, 0.1) is 0 Å². The van der Waals surface area contributed by atoms with E-state index in [0.29, 0.717) is 12.0 Å². The standard InChI is InChI=1S/C19H32N2/c1-5-15(3)17-7-9-19(10-8-17)20-16(4)18-11-13-21(6-2)14-12-18/h7-10,15-16,18,20H,5-6,11-14H2,1-4H3. The molecule has 118 valence electrons. The summed E-state index contributed by atoms with van der Waals surface area (Å²) in [5.41, 5.74) is 2.72. The van der Waals surface area contributed by atoms with E-state index in [9.17, 15) is 0 Å². The van der Waals surface area contributed by atoms with Crippen molar-refractivity contribution in [3.8, 4) is 0 Å². The van der Waals surface area contributed by atoms with Gasteiger partial charge < -0.3 is 10.2 Å². The Morgan fingerprint density at radius 1 is 1.10 bits per heavy atom. The van der Waals surface area contributed by atoms with Gasteiger partial charge in [-0.2, -0.15) is 0 Å². The minimum atomic E-state index is 0.568. The van der Waals surface area contributed by atoms with Gasteiger partial charge >= 0.3 is 0 Å². The summed E-state index contributed by atoms with van der Waals surface area (Å²) < 4.78 is 0. The first-order chi connectivity index (χ1) is 10.1. The molecule has 2 nitrogen and oxygen atoms in total. The summed E-state index contributed by atoms with van der Waals surface area (Å²) in [5, 5.41) is 3.71. The van der Waals surface area contributed by atoms with Crippen LogP contribution in [0.1, 0.15) is 58.4 Å². The van der Waals surface area contributed by atoms with Crippen LogP contribution in [0, 0.1) is 5.92 Å². The fourth-order valence-corrected chi connectivity index (χ4v) is 3.29. The SMILES string of the molecule is CCC(C)c1ccc(NC(C)C2CCN(CC)CC2)cc1. The van der Waals surface area contributed by atoms with E-state index < -0.39 is 0 Å². The molecule has 1 N–H and O–H groups in total. The number of anilines is 1. The smallest absolute Gasteiger partial charge is 0.0342 e. The van der Waals surface area contributed by atoms with Crippen molar-refractivity contribution in [1.82, 2.24) is 4.90 Å². The zero-order valence-corrected chi connectivity index (χ0v) is 14.2. The molecule has 0 aromatic heterocycles. The van der Waals surface area contributed by atoms with E-state index >= 15 is 0 Å². The molecule has 2 rings (SSSR count). The lowest BCUT2D eigenvalue weighted by Gasteiger charge is -2.34. The molecule has 1 aromatic carbocycles. The zero-order valence-electron chi connectivity index (χ0n) is 14.2. The first-order valence-corrected chi connectivity index (χ1v) is 8.72. The van der Waals surface area contributed by atoms with Crippen LogP contribution in [-0.2, 0) is 0 Å². The first kappa shape index (κ1) is 16.4. The van der Waals surface area contributed by atoms with Crippen molar-refractivity contribution in [2.24, 2.45) is 5.92 Å². The van der Waals surface area contributed by atoms with Gasteiger partial charge in [0, 0.05) is 11.7 Å². The van der Waals surface area contributed by atoms with Crippen LogP contribution in [0.4, 0.5) is 5.69 Å². The lowest BCUT2D eigenvalue weighted by Crippen LogP contribution is -2.39. The molecule has 1 aliphatic rings. The van der Waals surface area contributed by atoms with Gasteiger partial charge in [-0.25, -0.2) is 0 Å². The van der Waals surface area contributed by atoms with E-state index in [-0.39, 0.29) is 0 Å². The number of benzene rings is 1. The molecule has 21 heavy (non-hydrogen) atoms. The van der Waals surface area contributed by atoms with Crippen molar-refractivity contribution in [3.05, 3.63) is 29.8 Å². The quantitative estimate of drug-likeness (QED) is 0.814. The van der Waals surface area contributed by atoms with Crippen molar-refractivity contribution in [2.45, 2.75) is 58.9 Å². The van der Waals surface area contributed by atoms with Gasteiger partial charge in [-0.3, -0.25) is 0 Å². The van der Waals surface area contributed by atoms with Crippen molar-refractivity contribution in [2.75, 3.05) is 25.0 Å². The Morgan fingerprint density at radius 2 is 1.71 bits per heavy atom. The summed E-state index contributed by atoms with van der Waals surface area (Å²) in [6.07, 6.45) is 3.86. The molecule has 2 atom stereocenters. The van der Waals surface area contributed by atoms with Crippen molar-refractivity contribution >= 4 is 5.69 Å². The summed E-state index contributed by atoms with van der Waals surface area (Å²) in [6.45, 7) is 12.9. The van der Waals surface area contributed by atoms with Gasteiger partial charge in [0.15, 0.2) is 0 Å². The van der Waals surface area contributed by atoms with Crippen LogP contribution in [-0.4, -0.2) is 30.6 Å². The van der Waals surface area contributed by atoms with E-state index in [1.165, 1.54) is 50.1 Å². The molecule has 0 bridgehead atoms. The molecule has 2 heteroatoms. The highest BCUT2D eigenvalue weighted by Gasteiger charge is 2.22. The second-order valence-electron chi connectivity index (χ2n) is 6.64. The third kappa shape index (κ3) is 4.47. The van der Waals surface area contributed by atoms with Crippen LogP contribution >= 0.6 is 0 Å². The number of likely N-dealkylation sites (tertiary alicyclic amines) is 1. The Morgan fingerprint density at radius 3 is 2.24 bits per heavy atom. The summed E-state index contributed by atoms with van der Waals surface area (Å²) in [7, 11) is 0. The van der Waals surface area contributed by atoms with Gasteiger partial charge in [0.25, 0.3) is 0 Å². The number of nitrogens with one attached hydrogen (secondary N) is 1. The van der Waals surface area contributed by atoms with Crippen LogP contribution in [0.15, 0.2) is 24.3 Å². The molecule has 1 heterocycles. The predicted molar refractivity (Wildman–Crippen MR) is 93.1 cm³/mol. The van der Waals surface area contributed by atoms with E-state index in [1.54, 1.807) is 0 Å². The molecule has 0 spiro atoms. The van der Waals surface area contributed by atoms with Gasteiger partial charge in [0.1, 0.15) is 0 Å². The number of nitrogens with zero attached hydrogens (tertiary/aromatic N) is 1. The Hall–Kier alpha value is -1.02. The maximum Gasteiger partial charge on any atom is 0.0342 e. The van der Waals surface area contributed by atoms with Crippen LogP contribution in [0.25, 0.3) is 0 Å². The molecule has 0 aliphatic carbocycles. The molecule has 0 amide bonds. The van der Waals surface area contributed by atoms with Crippen LogP contribution in [0.5, 0.6) is 0 Å². The molecule has 1 aliphatic heterocycles. The Bertz CT molecular complexity index is 404. The number of rotatable bonds is 6.